The standard InChI is InChI=1S/C16H17BrFN/c1-11-9-14(18)8-7-13(11)10-19-12(2)15-5-3-4-6-16(15)17/h3-9,12,19H,10H2,1-2H3/t12-/m1/s1. The zero-order valence-corrected chi connectivity index (χ0v) is 12.7. The highest BCUT2D eigenvalue weighted by molar-refractivity contribution is 9.10. The Hall–Kier alpha value is -1.19. The van der Waals surface area contributed by atoms with Gasteiger partial charge in [0.15, 0.2) is 0 Å². The van der Waals surface area contributed by atoms with E-state index in [9.17, 15) is 4.39 Å². The SMILES string of the molecule is Cc1cc(F)ccc1CN[C@H](C)c1ccccc1Br. The molecule has 0 bridgehead atoms. The molecule has 0 fully saturated rings. The van der Waals surface area contributed by atoms with Gasteiger partial charge in [-0.15, -0.1) is 0 Å². The molecule has 2 aromatic carbocycles. The minimum Gasteiger partial charge on any atom is -0.306 e. The first-order valence-electron chi connectivity index (χ1n) is 6.31. The molecule has 0 aliphatic heterocycles. The summed E-state index contributed by atoms with van der Waals surface area (Å²) in [4.78, 5) is 0. The number of hydrogen-bond donors (Lipinski definition) is 1. The lowest BCUT2D eigenvalue weighted by atomic mass is 10.1. The minimum absolute atomic E-state index is 0.180. The van der Waals surface area contributed by atoms with Crippen molar-refractivity contribution >= 4 is 15.9 Å². The fraction of sp³-hybridized carbons (Fsp3) is 0.250. The quantitative estimate of drug-likeness (QED) is 0.857. The molecule has 0 heterocycles. The van der Waals surface area contributed by atoms with E-state index in [1.54, 1.807) is 6.07 Å². The van der Waals surface area contributed by atoms with Crippen LogP contribution in [-0.4, -0.2) is 0 Å². The first-order valence-corrected chi connectivity index (χ1v) is 7.10. The summed E-state index contributed by atoms with van der Waals surface area (Å²) in [7, 11) is 0. The molecule has 0 unspecified atom stereocenters. The summed E-state index contributed by atoms with van der Waals surface area (Å²) < 4.78 is 14.1. The van der Waals surface area contributed by atoms with Crippen molar-refractivity contribution in [2.75, 3.05) is 0 Å². The Labute approximate surface area is 122 Å². The number of rotatable bonds is 4. The van der Waals surface area contributed by atoms with Crippen LogP contribution in [0.15, 0.2) is 46.9 Å². The molecule has 0 amide bonds. The lowest BCUT2D eigenvalue weighted by Crippen LogP contribution is -2.19. The summed E-state index contributed by atoms with van der Waals surface area (Å²) in [5.74, 6) is -0.180. The van der Waals surface area contributed by atoms with Gasteiger partial charge in [0, 0.05) is 17.1 Å². The van der Waals surface area contributed by atoms with Crippen LogP contribution in [0.1, 0.15) is 29.7 Å². The summed E-state index contributed by atoms with van der Waals surface area (Å²) >= 11 is 3.56. The smallest absolute Gasteiger partial charge is 0.123 e. The summed E-state index contributed by atoms with van der Waals surface area (Å²) in [6.45, 7) is 4.79. The molecule has 0 aliphatic rings. The molecule has 0 spiro atoms. The number of halogens is 2. The van der Waals surface area contributed by atoms with E-state index < -0.39 is 0 Å². The summed E-state index contributed by atoms with van der Waals surface area (Å²) in [6.07, 6.45) is 0. The van der Waals surface area contributed by atoms with E-state index in [1.807, 2.05) is 31.2 Å². The van der Waals surface area contributed by atoms with E-state index in [1.165, 1.54) is 11.6 Å². The van der Waals surface area contributed by atoms with Gasteiger partial charge in [0.1, 0.15) is 5.82 Å². The van der Waals surface area contributed by atoms with Crippen LogP contribution in [0, 0.1) is 12.7 Å². The van der Waals surface area contributed by atoms with Crippen molar-refractivity contribution in [3.63, 3.8) is 0 Å². The van der Waals surface area contributed by atoms with Crippen LogP contribution < -0.4 is 5.32 Å². The summed E-state index contributed by atoms with van der Waals surface area (Å²) in [5, 5.41) is 3.46. The van der Waals surface area contributed by atoms with E-state index in [2.05, 4.69) is 34.2 Å². The summed E-state index contributed by atoms with van der Waals surface area (Å²) in [6, 6.07) is 13.3. The molecule has 2 aromatic rings. The van der Waals surface area contributed by atoms with Crippen molar-refractivity contribution in [1.29, 1.82) is 0 Å². The van der Waals surface area contributed by atoms with E-state index in [0.717, 1.165) is 22.1 Å². The zero-order chi connectivity index (χ0) is 13.8. The van der Waals surface area contributed by atoms with Gasteiger partial charge in [-0.05, 0) is 48.7 Å². The number of benzene rings is 2. The van der Waals surface area contributed by atoms with Crippen molar-refractivity contribution in [2.45, 2.75) is 26.4 Å². The van der Waals surface area contributed by atoms with Crippen LogP contribution in [0.3, 0.4) is 0 Å². The average molecular weight is 322 g/mol. The average Bonchev–Trinajstić information content (AvgIpc) is 2.38. The van der Waals surface area contributed by atoms with Crippen LogP contribution in [0.5, 0.6) is 0 Å². The molecule has 1 atom stereocenters. The van der Waals surface area contributed by atoms with Gasteiger partial charge in [0.2, 0.25) is 0 Å². The van der Waals surface area contributed by atoms with Gasteiger partial charge in [-0.1, -0.05) is 40.2 Å². The summed E-state index contributed by atoms with van der Waals surface area (Å²) in [5.41, 5.74) is 3.33. The van der Waals surface area contributed by atoms with Crippen molar-refractivity contribution in [2.24, 2.45) is 0 Å². The second-order valence-corrected chi connectivity index (χ2v) is 5.55. The van der Waals surface area contributed by atoms with Crippen molar-refractivity contribution in [3.05, 3.63) is 69.4 Å². The molecule has 19 heavy (non-hydrogen) atoms. The third kappa shape index (κ3) is 3.64. The van der Waals surface area contributed by atoms with Crippen LogP contribution in [0.4, 0.5) is 4.39 Å². The monoisotopic (exact) mass is 321 g/mol. The highest BCUT2D eigenvalue weighted by atomic mass is 79.9. The minimum atomic E-state index is -0.180. The van der Waals surface area contributed by atoms with Gasteiger partial charge in [0.05, 0.1) is 0 Å². The molecule has 0 aromatic heterocycles. The van der Waals surface area contributed by atoms with Crippen LogP contribution in [-0.2, 0) is 6.54 Å². The van der Waals surface area contributed by atoms with E-state index in [-0.39, 0.29) is 11.9 Å². The largest absolute Gasteiger partial charge is 0.306 e. The third-order valence-electron chi connectivity index (χ3n) is 3.28. The van der Waals surface area contributed by atoms with Crippen molar-refractivity contribution in [3.8, 4) is 0 Å². The molecule has 0 aliphatic carbocycles. The topological polar surface area (TPSA) is 12.0 Å². The Morgan fingerprint density at radius 1 is 1.21 bits per heavy atom. The predicted octanol–water partition coefficient (Wildman–Crippen LogP) is 4.75. The van der Waals surface area contributed by atoms with Gasteiger partial charge >= 0.3 is 0 Å². The maximum Gasteiger partial charge on any atom is 0.123 e. The fourth-order valence-corrected chi connectivity index (χ4v) is 2.69. The van der Waals surface area contributed by atoms with Gasteiger partial charge in [-0.3, -0.25) is 0 Å². The van der Waals surface area contributed by atoms with Crippen LogP contribution in [0.2, 0.25) is 0 Å². The van der Waals surface area contributed by atoms with Crippen molar-refractivity contribution < 1.29 is 4.39 Å². The maximum atomic E-state index is 13.0. The number of hydrogen-bond acceptors (Lipinski definition) is 1. The van der Waals surface area contributed by atoms with Gasteiger partial charge < -0.3 is 5.32 Å². The third-order valence-corrected chi connectivity index (χ3v) is 4.00. The van der Waals surface area contributed by atoms with E-state index in [4.69, 9.17) is 0 Å². The molecule has 100 valence electrons. The first-order chi connectivity index (χ1) is 9.08. The maximum absolute atomic E-state index is 13.0. The normalized spacial score (nSPS) is 12.4. The fourth-order valence-electron chi connectivity index (χ4n) is 2.06. The lowest BCUT2D eigenvalue weighted by Gasteiger charge is -2.16. The highest BCUT2D eigenvalue weighted by Gasteiger charge is 2.08. The number of nitrogens with one attached hydrogen (secondary N) is 1. The van der Waals surface area contributed by atoms with Crippen LogP contribution in [0.25, 0.3) is 0 Å². The molecule has 0 saturated carbocycles. The second-order valence-electron chi connectivity index (χ2n) is 4.69. The van der Waals surface area contributed by atoms with Gasteiger partial charge in [-0.2, -0.15) is 0 Å². The molecule has 1 nitrogen and oxygen atoms in total. The van der Waals surface area contributed by atoms with Crippen LogP contribution >= 0.6 is 15.9 Å². The lowest BCUT2D eigenvalue weighted by molar-refractivity contribution is 0.569. The molecule has 3 heteroatoms. The Morgan fingerprint density at radius 3 is 2.63 bits per heavy atom. The van der Waals surface area contributed by atoms with Gasteiger partial charge in [0.25, 0.3) is 0 Å². The number of aryl methyl sites for hydroxylation is 1. The van der Waals surface area contributed by atoms with E-state index >= 15 is 0 Å². The molecule has 0 radical (unpaired) electrons. The molecule has 1 N–H and O–H groups in total. The zero-order valence-electron chi connectivity index (χ0n) is 11.1. The molecule has 0 saturated heterocycles. The highest BCUT2D eigenvalue weighted by Crippen LogP contribution is 2.23. The Balaban J connectivity index is 2.04. The Kier molecular flexibility index (Phi) is 4.72. The molecular formula is C16H17BrFN. The van der Waals surface area contributed by atoms with Gasteiger partial charge in [-0.25, -0.2) is 4.39 Å². The molecular weight excluding hydrogens is 305 g/mol. The first kappa shape index (κ1) is 14.2. The van der Waals surface area contributed by atoms with E-state index in [0.29, 0.717) is 0 Å². The Morgan fingerprint density at radius 2 is 1.95 bits per heavy atom. The molecule has 2 rings (SSSR count). The Bertz CT molecular complexity index is 568. The second kappa shape index (κ2) is 6.31. The predicted molar refractivity (Wildman–Crippen MR) is 80.5 cm³/mol. The van der Waals surface area contributed by atoms with Crippen molar-refractivity contribution in [1.82, 2.24) is 5.32 Å².